The van der Waals surface area contributed by atoms with E-state index in [1.54, 1.807) is 24.2 Å². The summed E-state index contributed by atoms with van der Waals surface area (Å²) in [7, 11) is 1.69. The molecule has 2 aromatic heterocycles. The first-order chi connectivity index (χ1) is 8.29. The van der Waals surface area contributed by atoms with E-state index in [0.717, 1.165) is 11.5 Å². The molecule has 0 saturated heterocycles. The quantitative estimate of drug-likeness (QED) is 0.852. The first kappa shape index (κ1) is 11.6. The Morgan fingerprint density at radius 3 is 2.94 bits per heavy atom. The van der Waals surface area contributed by atoms with E-state index in [4.69, 9.17) is 4.74 Å². The Kier molecular flexibility index (Phi) is 3.72. The van der Waals surface area contributed by atoms with Gasteiger partial charge in [0.15, 0.2) is 5.82 Å². The predicted octanol–water partition coefficient (Wildman–Crippen LogP) is 1.71. The number of anilines is 1. The zero-order valence-electron chi connectivity index (χ0n) is 10.00. The van der Waals surface area contributed by atoms with Crippen LogP contribution in [-0.2, 0) is 4.74 Å². The zero-order chi connectivity index (χ0) is 12.1. The van der Waals surface area contributed by atoms with Crippen LogP contribution in [0.1, 0.15) is 6.92 Å². The molecule has 0 radical (unpaired) electrons. The van der Waals surface area contributed by atoms with Crippen molar-refractivity contribution in [1.29, 1.82) is 0 Å². The van der Waals surface area contributed by atoms with Gasteiger partial charge in [-0.25, -0.2) is 9.67 Å². The summed E-state index contributed by atoms with van der Waals surface area (Å²) in [5.74, 6) is 0.806. The summed E-state index contributed by atoms with van der Waals surface area (Å²) in [5.41, 5.74) is 0.977. The highest BCUT2D eigenvalue weighted by molar-refractivity contribution is 5.44. The maximum absolute atomic E-state index is 5.06. The Bertz CT molecular complexity index is 438. The van der Waals surface area contributed by atoms with Crippen LogP contribution in [0.3, 0.4) is 0 Å². The van der Waals surface area contributed by atoms with Crippen molar-refractivity contribution in [3.8, 4) is 5.82 Å². The van der Waals surface area contributed by atoms with Crippen molar-refractivity contribution in [1.82, 2.24) is 14.8 Å². The molecular weight excluding hydrogens is 216 g/mol. The molecule has 5 heteroatoms. The second-order valence-electron chi connectivity index (χ2n) is 3.86. The molecule has 0 spiro atoms. The number of rotatable bonds is 5. The Labute approximate surface area is 100 Å². The minimum atomic E-state index is 0.261. The van der Waals surface area contributed by atoms with Crippen LogP contribution in [0.4, 0.5) is 5.69 Å². The fraction of sp³-hybridized carbons (Fsp3) is 0.333. The summed E-state index contributed by atoms with van der Waals surface area (Å²) in [6.07, 6.45) is 5.39. The molecular formula is C12H16N4O. The number of hydrogen-bond acceptors (Lipinski definition) is 4. The van der Waals surface area contributed by atoms with Crippen molar-refractivity contribution in [3.63, 3.8) is 0 Å². The molecule has 2 rings (SSSR count). The van der Waals surface area contributed by atoms with Crippen LogP contribution in [0.2, 0.25) is 0 Å². The minimum Gasteiger partial charge on any atom is -0.383 e. The molecule has 90 valence electrons. The van der Waals surface area contributed by atoms with Gasteiger partial charge >= 0.3 is 0 Å². The highest BCUT2D eigenvalue weighted by Crippen LogP contribution is 2.10. The van der Waals surface area contributed by atoms with E-state index in [0.29, 0.717) is 6.61 Å². The number of methoxy groups -OCH3 is 1. The molecule has 2 heterocycles. The summed E-state index contributed by atoms with van der Waals surface area (Å²) in [5, 5.41) is 7.42. The van der Waals surface area contributed by atoms with E-state index in [1.807, 2.05) is 24.4 Å². The normalized spacial score (nSPS) is 12.4. The van der Waals surface area contributed by atoms with Crippen LogP contribution in [0.25, 0.3) is 5.82 Å². The smallest absolute Gasteiger partial charge is 0.153 e. The van der Waals surface area contributed by atoms with Crippen LogP contribution in [0, 0.1) is 0 Å². The third-order valence-corrected chi connectivity index (χ3v) is 2.32. The number of nitrogens with zero attached hydrogens (tertiary/aromatic N) is 3. The molecule has 1 unspecified atom stereocenters. The fourth-order valence-corrected chi connectivity index (χ4v) is 1.59. The number of nitrogens with one attached hydrogen (secondary N) is 1. The zero-order valence-corrected chi connectivity index (χ0v) is 10.00. The summed E-state index contributed by atoms with van der Waals surface area (Å²) >= 11 is 0. The van der Waals surface area contributed by atoms with Gasteiger partial charge in [0.05, 0.1) is 18.5 Å². The SMILES string of the molecule is COCC(C)Nc1ccc(-n2cccn2)nc1. The van der Waals surface area contributed by atoms with Crippen molar-refractivity contribution in [2.24, 2.45) is 0 Å². The summed E-state index contributed by atoms with van der Waals surface area (Å²) in [4.78, 5) is 4.33. The Morgan fingerprint density at radius 2 is 2.35 bits per heavy atom. The lowest BCUT2D eigenvalue weighted by Gasteiger charge is -2.13. The van der Waals surface area contributed by atoms with Crippen molar-refractivity contribution < 1.29 is 4.74 Å². The number of aromatic nitrogens is 3. The summed E-state index contributed by atoms with van der Waals surface area (Å²) < 4.78 is 6.79. The Balaban J connectivity index is 2.03. The van der Waals surface area contributed by atoms with Crippen LogP contribution in [0.15, 0.2) is 36.8 Å². The Morgan fingerprint density at radius 1 is 1.47 bits per heavy atom. The topological polar surface area (TPSA) is 52.0 Å². The lowest BCUT2D eigenvalue weighted by molar-refractivity contribution is 0.190. The summed E-state index contributed by atoms with van der Waals surface area (Å²) in [6, 6.07) is 6.04. The first-order valence-corrected chi connectivity index (χ1v) is 5.51. The van der Waals surface area contributed by atoms with Crippen LogP contribution in [0.5, 0.6) is 0 Å². The van der Waals surface area contributed by atoms with Gasteiger partial charge in [-0.05, 0) is 25.1 Å². The minimum absolute atomic E-state index is 0.261. The molecule has 5 nitrogen and oxygen atoms in total. The molecule has 0 fully saturated rings. The van der Waals surface area contributed by atoms with Gasteiger partial charge in [0, 0.05) is 25.5 Å². The standard InChI is InChI=1S/C12H16N4O/c1-10(9-17-2)15-11-4-5-12(13-8-11)16-7-3-6-14-16/h3-8,10,15H,9H2,1-2H3. The monoisotopic (exact) mass is 232 g/mol. The maximum Gasteiger partial charge on any atom is 0.153 e. The summed E-state index contributed by atoms with van der Waals surface area (Å²) in [6.45, 7) is 2.73. The van der Waals surface area contributed by atoms with Gasteiger partial charge in [-0.3, -0.25) is 0 Å². The molecule has 0 aromatic carbocycles. The maximum atomic E-state index is 5.06. The van der Waals surface area contributed by atoms with E-state index in [2.05, 4.69) is 22.3 Å². The number of hydrogen-bond donors (Lipinski definition) is 1. The van der Waals surface area contributed by atoms with Gasteiger partial charge in [0.25, 0.3) is 0 Å². The number of pyridine rings is 1. The average Bonchev–Trinajstić information content (AvgIpc) is 2.84. The molecule has 0 aliphatic carbocycles. The largest absolute Gasteiger partial charge is 0.383 e. The molecule has 0 amide bonds. The third kappa shape index (κ3) is 3.04. The molecule has 0 aliphatic rings. The average molecular weight is 232 g/mol. The van der Waals surface area contributed by atoms with Crippen LogP contribution < -0.4 is 5.32 Å². The van der Waals surface area contributed by atoms with Gasteiger partial charge in [0.1, 0.15) is 0 Å². The van der Waals surface area contributed by atoms with Crippen molar-refractivity contribution in [2.75, 3.05) is 19.0 Å². The lowest BCUT2D eigenvalue weighted by Crippen LogP contribution is -2.20. The molecule has 1 N–H and O–H groups in total. The van der Waals surface area contributed by atoms with Crippen molar-refractivity contribution >= 4 is 5.69 Å². The first-order valence-electron chi connectivity index (χ1n) is 5.51. The highest BCUT2D eigenvalue weighted by Gasteiger charge is 2.02. The predicted molar refractivity (Wildman–Crippen MR) is 66.3 cm³/mol. The lowest BCUT2D eigenvalue weighted by atomic mass is 10.3. The van der Waals surface area contributed by atoms with Crippen molar-refractivity contribution in [3.05, 3.63) is 36.8 Å². The van der Waals surface area contributed by atoms with E-state index in [9.17, 15) is 0 Å². The highest BCUT2D eigenvalue weighted by atomic mass is 16.5. The van der Waals surface area contributed by atoms with Crippen molar-refractivity contribution in [2.45, 2.75) is 13.0 Å². The molecule has 1 atom stereocenters. The van der Waals surface area contributed by atoms with E-state index in [1.165, 1.54) is 0 Å². The van der Waals surface area contributed by atoms with Gasteiger partial charge in [-0.1, -0.05) is 0 Å². The van der Waals surface area contributed by atoms with E-state index in [-0.39, 0.29) is 6.04 Å². The van der Waals surface area contributed by atoms with Crippen LogP contribution in [-0.4, -0.2) is 34.5 Å². The van der Waals surface area contributed by atoms with E-state index < -0.39 is 0 Å². The van der Waals surface area contributed by atoms with E-state index >= 15 is 0 Å². The van der Waals surface area contributed by atoms with Crippen LogP contribution >= 0.6 is 0 Å². The molecule has 0 saturated carbocycles. The van der Waals surface area contributed by atoms with Gasteiger partial charge < -0.3 is 10.1 Å². The molecule has 0 aliphatic heterocycles. The second kappa shape index (κ2) is 5.45. The van der Waals surface area contributed by atoms with Gasteiger partial charge in [0.2, 0.25) is 0 Å². The molecule has 0 bridgehead atoms. The Hall–Kier alpha value is -1.88. The molecule has 2 aromatic rings. The molecule has 17 heavy (non-hydrogen) atoms. The van der Waals surface area contributed by atoms with Gasteiger partial charge in [-0.15, -0.1) is 0 Å². The number of ether oxygens (including phenoxy) is 1. The fourth-order valence-electron chi connectivity index (χ4n) is 1.59. The van der Waals surface area contributed by atoms with Gasteiger partial charge in [-0.2, -0.15) is 5.10 Å². The third-order valence-electron chi connectivity index (χ3n) is 2.32. The second-order valence-corrected chi connectivity index (χ2v) is 3.86.